The van der Waals surface area contributed by atoms with Gasteiger partial charge < -0.3 is 5.10 Å². The van der Waals surface area contributed by atoms with Crippen LogP contribution in [0.1, 0.15) is 25.5 Å². The second kappa shape index (κ2) is 5.02. The van der Waals surface area contributed by atoms with Gasteiger partial charge in [-0.15, -0.1) is 12.4 Å². The topological polar surface area (TPSA) is 48.6 Å². The van der Waals surface area contributed by atoms with E-state index in [-0.39, 0.29) is 18.0 Å². The minimum Gasteiger partial charge on any atom is -0.302 e. The largest absolute Gasteiger partial charge is 0.302 e. The predicted octanol–water partition coefficient (Wildman–Crippen LogP) is 1.47. The van der Waals surface area contributed by atoms with Crippen LogP contribution in [0.5, 0.6) is 0 Å². The molecule has 0 aliphatic heterocycles. The van der Waals surface area contributed by atoms with Crippen molar-refractivity contribution in [1.82, 2.24) is 10.2 Å². The molecular formula is C7H13ClN2O. The Labute approximate surface area is 71.6 Å². The number of aromatic nitrogens is 2. The molecule has 0 aliphatic carbocycles. The number of H-pyrrole nitrogens is 2. The Morgan fingerprint density at radius 1 is 1.45 bits per heavy atom. The molecule has 1 heterocycles. The molecule has 64 valence electrons. The first-order valence-corrected chi connectivity index (χ1v) is 3.59. The van der Waals surface area contributed by atoms with E-state index in [2.05, 4.69) is 17.1 Å². The van der Waals surface area contributed by atoms with Crippen LogP contribution < -0.4 is 5.56 Å². The molecule has 0 radical (unpaired) electrons. The summed E-state index contributed by atoms with van der Waals surface area (Å²) in [5.74, 6) is 0. The first-order chi connectivity index (χ1) is 4.83. The maximum atomic E-state index is 10.6. The fraction of sp³-hybridized carbons (Fsp3) is 0.571. The molecule has 11 heavy (non-hydrogen) atoms. The summed E-state index contributed by atoms with van der Waals surface area (Å²) in [5.41, 5.74) is 0.970. The van der Waals surface area contributed by atoms with E-state index in [1.807, 2.05) is 0 Å². The number of rotatable bonds is 3. The van der Waals surface area contributed by atoms with Crippen molar-refractivity contribution in [2.45, 2.75) is 26.2 Å². The monoisotopic (exact) mass is 176 g/mol. The van der Waals surface area contributed by atoms with Gasteiger partial charge in [-0.1, -0.05) is 13.3 Å². The molecule has 0 atom stereocenters. The first kappa shape index (κ1) is 10.3. The molecule has 0 aliphatic rings. The van der Waals surface area contributed by atoms with Gasteiger partial charge in [0, 0.05) is 11.8 Å². The molecule has 1 rings (SSSR count). The minimum absolute atomic E-state index is 0. The molecule has 0 saturated heterocycles. The van der Waals surface area contributed by atoms with E-state index in [4.69, 9.17) is 0 Å². The van der Waals surface area contributed by atoms with E-state index in [0.29, 0.717) is 0 Å². The maximum Gasteiger partial charge on any atom is 0.264 e. The van der Waals surface area contributed by atoms with Crippen LogP contribution in [0, 0.1) is 0 Å². The Hall–Kier alpha value is -0.700. The number of aryl methyl sites for hydroxylation is 1. The van der Waals surface area contributed by atoms with Gasteiger partial charge in [-0.05, 0) is 12.8 Å². The van der Waals surface area contributed by atoms with E-state index in [1.54, 1.807) is 6.07 Å². The summed E-state index contributed by atoms with van der Waals surface area (Å²) in [6.07, 6.45) is 3.26. The van der Waals surface area contributed by atoms with Crippen molar-refractivity contribution in [2.24, 2.45) is 0 Å². The second-order valence-electron chi connectivity index (χ2n) is 2.39. The summed E-state index contributed by atoms with van der Waals surface area (Å²) < 4.78 is 0. The summed E-state index contributed by atoms with van der Waals surface area (Å²) >= 11 is 0. The Morgan fingerprint density at radius 2 is 2.18 bits per heavy atom. The van der Waals surface area contributed by atoms with Crippen LogP contribution in [0.4, 0.5) is 0 Å². The van der Waals surface area contributed by atoms with Gasteiger partial charge in [0.1, 0.15) is 0 Å². The zero-order valence-electron chi connectivity index (χ0n) is 6.52. The highest BCUT2D eigenvalue weighted by atomic mass is 35.5. The van der Waals surface area contributed by atoms with Crippen LogP contribution in [0.2, 0.25) is 0 Å². The highest BCUT2D eigenvalue weighted by molar-refractivity contribution is 5.85. The van der Waals surface area contributed by atoms with E-state index in [0.717, 1.165) is 25.0 Å². The predicted molar refractivity (Wildman–Crippen MR) is 47.3 cm³/mol. The molecule has 2 N–H and O–H groups in total. The number of hydrogen-bond acceptors (Lipinski definition) is 1. The molecule has 1 aromatic heterocycles. The first-order valence-electron chi connectivity index (χ1n) is 3.59. The lowest BCUT2D eigenvalue weighted by Gasteiger charge is -1.90. The molecular weight excluding hydrogens is 164 g/mol. The van der Waals surface area contributed by atoms with Crippen molar-refractivity contribution in [3.8, 4) is 0 Å². The summed E-state index contributed by atoms with van der Waals surface area (Å²) in [6, 6.07) is 1.61. The average Bonchev–Trinajstić information content (AvgIpc) is 2.31. The fourth-order valence-corrected chi connectivity index (χ4v) is 0.874. The minimum atomic E-state index is -0.0360. The number of halogens is 1. The fourth-order valence-electron chi connectivity index (χ4n) is 0.874. The standard InChI is InChI=1S/C7H12N2O.ClH/c1-2-3-4-6-5-7(10)9-8-6;/h5H,2-4H2,1H3,(H2,8,9,10);1H. The third-order valence-corrected chi connectivity index (χ3v) is 1.45. The quantitative estimate of drug-likeness (QED) is 0.720. The highest BCUT2D eigenvalue weighted by Gasteiger charge is 1.93. The molecule has 0 aromatic carbocycles. The molecule has 0 unspecified atom stereocenters. The normalized spacial score (nSPS) is 9.18. The van der Waals surface area contributed by atoms with Crippen LogP contribution in [-0.4, -0.2) is 10.2 Å². The van der Waals surface area contributed by atoms with E-state index >= 15 is 0 Å². The van der Waals surface area contributed by atoms with Crippen molar-refractivity contribution in [3.63, 3.8) is 0 Å². The van der Waals surface area contributed by atoms with Crippen LogP contribution in [-0.2, 0) is 6.42 Å². The highest BCUT2D eigenvalue weighted by Crippen LogP contribution is 1.96. The lowest BCUT2D eigenvalue weighted by molar-refractivity contribution is 0.771. The van der Waals surface area contributed by atoms with Gasteiger partial charge in [0.05, 0.1) is 0 Å². The van der Waals surface area contributed by atoms with Gasteiger partial charge in [-0.3, -0.25) is 9.89 Å². The van der Waals surface area contributed by atoms with Crippen molar-refractivity contribution in [2.75, 3.05) is 0 Å². The summed E-state index contributed by atoms with van der Waals surface area (Å²) in [6.45, 7) is 2.13. The van der Waals surface area contributed by atoms with Gasteiger partial charge in [0.25, 0.3) is 5.56 Å². The average molecular weight is 177 g/mol. The molecule has 0 saturated carbocycles. The molecule has 4 heteroatoms. The van der Waals surface area contributed by atoms with Crippen LogP contribution in [0.15, 0.2) is 10.9 Å². The van der Waals surface area contributed by atoms with Crippen LogP contribution in [0.25, 0.3) is 0 Å². The van der Waals surface area contributed by atoms with Gasteiger partial charge in [-0.25, -0.2) is 0 Å². The van der Waals surface area contributed by atoms with Gasteiger partial charge in [0.2, 0.25) is 0 Å². The number of unbranched alkanes of at least 4 members (excludes halogenated alkanes) is 1. The maximum absolute atomic E-state index is 10.6. The molecule has 1 aromatic rings. The van der Waals surface area contributed by atoms with Gasteiger partial charge in [-0.2, -0.15) is 0 Å². The number of nitrogens with one attached hydrogen (secondary N) is 2. The Bertz CT molecular complexity index is 241. The Morgan fingerprint density at radius 3 is 2.64 bits per heavy atom. The molecule has 0 amide bonds. The molecule has 0 fully saturated rings. The van der Waals surface area contributed by atoms with E-state index in [9.17, 15) is 4.79 Å². The van der Waals surface area contributed by atoms with E-state index in [1.165, 1.54) is 0 Å². The van der Waals surface area contributed by atoms with Gasteiger partial charge in [0.15, 0.2) is 0 Å². The van der Waals surface area contributed by atoms with Crippen LogP contribution >= 0.6 is 12.4 Å². The summed E-state index contributed by atoms with van der Waals surface area (Å²) in [4.78, 5) is 10.6. The summed E-state index contributed by atoms with van der Waals surface area (Å²) in [7, 11) is 0. The zero-order chi connectivity index (χ0) is 7.40. The van der Waals surface area contributed by atoms with Crippen molar-refractivity contribution in [1.29, 1.82) is 0 Å². The third kappa shape index (κ3) is 3.28. The third-order valence-electron chi connectivity index (χ3n) is 1.45. The van der Waals surface area contributed by atoms with Gasteiger partial charge >= 0.3 is 0 Å². The lowest BCUT2D eigenvalue weighted by Crippen LogP contribution is -1.93. The molecule has 3 nitrogen and oxygen atoms in total. The SMILES string of the molecule is CCCCc1cc(=O)[nH][nH]1.Cl. The molecule has 0 spiro atoms. The summed E-state index contributed by atoms with van der Waals surface area (Å²) in [5, 5.41) is 5.30. The Balaban J connectivity index is 0.000001000. The second-order valence-corrected chi connectivity index (χ2v) is 2.39. The number of hydrogen-bond donors (Lipinski definition) is 2. The number of aromatic amines is 2. The molecule has 0 bridgehead atoms. The van der Waals surface area contributed by atoms with Crippen LogP contribution in [0.3, 0.4) is 0 Å². The lowest BCUT2D eigenvalue weighted by atomic mass is 10.2. The Kier molecular flexibility index (Phi) is 4.70. The van der Waals surface area contributed by atoms with Crippen molar-refractivity contribution >= 4 is 12.4 Å². The zero-order valence-corrected chi connectivity index (χ0v) is 7.33. The van der Waals surface area contributed by atoms with E-state index < -0.39 is 0 Å². The smallest absolute Gasteiger partial charge is 0.264 e. The van der Waals surface area contributed by atoms with Crippen molar-refractivity contribution < 1.29 is 0 Å². The van der Waals surface area contributed by atoms with Crippen molar-refractivity contribution in [3.05, 3.63) is 22.1 Å².